The third-order valence-electron chi connectivity index (χ3n) is 13.3. The van der Waals surface area contributed by atoms with E-state index in [1.165, 1.54) is 93.5 Å². The van der Waals surface area contributed by atoms with Gasteiger partial charge in [0.1, 0.15) is 0 Å². The van der Waals surface area contributed by atoms with E-state index >= 15 is 0 Å². The van der Waals surface area contributed by atoms with Gasteiger partial charge in [-0.25, -0.2) is 0 Å². The second-order valence-corrected chi connectivity index (χ2v) is 17.3. The summed E-state index contributed by atoms with van der Waals surface area (Å²) in [5.41, 5.74) is 17.6. The van der Waals surface area contributed by atoms with Gasteiger partial charge >= 0.3 is 0 Å². The molecule has 0 saturated carbocycles. The summed E-state index contributed by atoms with van der Waals surface area (Å²) in [6.45, 7) is 0. The first-order valence-electron chi connectivity index (χ1n) is 23.1. The van der Waals surface area contributed by atoms with Gasteiger partial charge in [-0.3, -0.25) is 0 Å². The highest BCUT2D eigenvalue weighted by Gasteiger charge is 2.18. The zero-order chi connectivity index (χ0) is 44.5. The van der Waals surface area contributed by atoms with E-state index in [1.807, 2.05) is 0 Å². The highest BCUT2D eigenvalue weighted by Crippen LogP contribution is 2.43. The van der Waals surface area contributed by atoms with Crippen LogP contribution in [0.1, 0.15) is 0 Å². The Labute approximate surface area is 392 Å². The smallest absolute Gasteiger partial charge is 0.0467 e. The second-order valence-electron chi connectivity index (χ2n) is 17.3. The van der Waals surface area contributed by atoms with E-state index in [0.29, 0.717) is 0 Å². The topological polar surface area (TPSA) is 3.24 Å². The van der Waals surface area contributed by atoms with Crippen molar-refractivity contribution in [1.82, 2.24) is 0 Å². The zero-order valence-electron chi connectivity index (χ0n) is 36.9. The van der Waals surface area contributed by atoms with Crippen molar-refractivity contribution >= 4 is 49.4 Å². The largest absolute Gasteiger partial charge is 0.310 e. The van der Waals surface area contributed by atoms with Gasteiger partial charge in [0.2, 0.25) is 0 Å². The molecule has 0 bridgehead atoms. The Morgan fingerprint density at radius 3 is 1.25 bits per heavy atom. The van der Waals surface area contributed by atoms with Crippen LogP contribution >= 0.6 is 0 Å². The molecule has 12 aromatic rings. The molecule has 314 valence electrons. The summed E-state index contributed by atoms with van der Waals surface area (Å²) in [4.78, 5) is 2.38. The fraction of sp³-hybridized carbons (Fsp3) is 0. The summed E-state index contributed by atoms with van der Waals surface area (Å²) in [5.74, 6) is 0. The Morgan fingerprint density at radius 2 is 0.582 bits per heavy atom. The van der Waals surface area contributed by atoms with E-state index in [0.717, 1.165) is 22.6 Å². The SMILES string of the molecule is c1ccc(-c2ccccc2-c2ccccc2-c2ccccc2-c2ccc(N(c3ccc(-c4ccc5c(ccc6ccccc65)c4)cc3)c3cccc(-c4ccc5ccccc5c4)c3)cc2)cc1. The lowest BCUT2D eigenvalue weighted by Crippen LogP contribution is -2.10. The summed E-state index contributed by atoms with van der Waals surface area (Å²) in [6.07, 6.45) is 0. The molecule has 0 amide bonds. The summed E-state index contributed by atoms with van der Waals surface area (Å²) < 4.78 is 0. The fourth-order valence-corrected chi connectivity index (χ4v) is 9.94. The van der Waals surface area contributed by atoms with Crippen molar-refractivity contribution in [2.45, 2.75) is 0 Å². The average Bonchev–Trinajstić information content (AvgIpc) is 3.41. The van der Waals surface area contributed by atoms with Crippen molar-refractivity contribution < 1.29 is 0 Å². The second kappa shape index (κ2) is 17.3. The van der Waals surface area contributed by atoms with E-state index in [1.54, 1.807) is 0 Å². The van der Waals surface area contributed by atoms with Crippen LogP contribution in [0.4, 0.5) is 17.1 Å². The molecule has 0 spiro atoms. The molecule has 0 atom stereocenters. The molecule has 0 unspecified atom stereocenters. The van der Waals surface area contributed by atoms with Crippen LogP contribution in [0.3, 0.4) is 0 Å². The monoisotopic (exact) mass is 851 g/mol. The Hall–Kier alpha value is -8.78. The van der Waals surface area contributed by atoms with Crippen LogP contribution in [-0.2, 0) is 0 Å². The standard InChI is InChI=1S/C66H45N/c1-2-16-48(17-3-1)60-23-8-10-25-63(60)65-27-12-13-28-66(65)64-26-11-9-24-61(64)50-35-40-57(41-36-50)67(58-21-14-20-52(45-58)54-31-29-46-15-4-5-19-51(46)43-54)56-38-33-47(34-39-56)53-37-42-62-55(44-53)32-30-49-18-6-7-22-59(49)62/h1-45H. The predicted octanol–water partition coefficient (Wildman–Crippen LogP) is 18.6. The van der Waals surface area contributed by atoms with Gasteiger partial charge in [0.05, 0.1) is 0 Å². The van der Waals surface area contributed by atoms with Crippen molar-refractivity contribution in [2.24, 2.45) is 0 Å². The van der Waals surface area contributed by atoms with Crippen LogP contribution in [0.5, 0.6) is 0 Å². The highest BCUT2D eigenvalue weighted by atomic mass is 15.1. The average molecular weight is 852 g/mol. The molecule has 0 saturated heterocycles. The minimum Gasteiger partial charge on any atom is -0.310 e. The maximum atomic E-state index is 2.38. The fourth-order valence-electron chi connectivity index (χ4n) is 9.94. The minimum atomic E-state index is 1.08. The predicted molar refractivity (Wildman–Crippen MR) is 286 cm³/mol. The number of hydrogen-bond donors (Lipinski definition) is 0. The summed E-state index contributed by atoms with van der Waals surface area (Å²) in [5, 5.41) is 7.55. The van der Waals surface area contributed by atoms with Gasteiger partial charge in [-0.1, -0.05) is 224 Å². The summed E-state index contributed by atoms with van der Waals surface area (Å²) in [6, 6.07) is 99.4. The maximum Gasteiger partial charge on any atom is 0.0467 e. The van der Waals surface area contributed by atoms with Crippen LogP contribution in [0.25, 0.3) is 99.1 Å². The molecule has 0 aliphatic carbocycles. The Bertz CT molecular complexity index is 3730. The van der Waals surface area contributed by atoms with E-state index < -0.39 is 0 Å². The van der Waals surface area contributed by atoms with Crippen LogP contribution in [0.15, 0.2) is 273 Å². The molecular weight excluding hydrogens is 807 g/mol. The molecule has 0 aliphatic heterocycles. The number of rotatable bonds is 9. The Morgan fingerprint density at radius 1 is 0.179 bits per heavy atom. The van der Waals surface area contributed by atoms with Crippen molar-refractivity contribution in [3.05, 3.63) is 273 Å². The van der Waals surface area contributed by atoms with Gasteiger partial charge in [0.15, 0.2) is 0 Å². The third-order valence-corrected chi connectivity index (χ3v) is 13.3. The van der Waals surface area contributed by atoms with Crippen molar-refractivity contribution in [2.75, 3.05) is 4.90 Å². The summed E-state index contributed by atoms with van der Waals surface area (Å²) >= 11 is 0. The molecule has 0 radical (unpaired) electrons. The first-order valence-corrected chi connectivity index (χ1v) is 23.1. The number of anilines is 3. The quantitative estimate of drug-likeness (QED) is 0.131. The van der Waals surface area contributed by atoms with Gasteiger partial charge < -0.3 is 4.90 Å². The van der Waals surface area contributed by atoms with Gasteiger partial charge in [-0.15, -0.1) is 0 Å². The normalized spacial score (nSPS) is 11.3. The Kier molecular flexibility index (Phi) is 10.3. The third kappa shape index (κ3) is 7.63. The first kappa shape index (κ1) is 39.8. The van der Waals surface area contributed by atoms with E-state index in [9.17, 15) is 0 Å². The van der Waals surface area contributed by atoms with Crippen LogP contribution in [0.2, 0.25) is 0 Å². The molecule has 12 rings (SSSR count). The van der Waals surface area contributed by atoms with Crippen molar-refractivity contribution in [3.63, 3.8) is 0 Å². The van der Waals surface area contributed by atoms with Gasteiger partial charge in [0, 0.05) is 17.1 Å². The molecule has 12 aromatic carbocycles. The lowest BCUT2D eigenvalue weighted by atomic mass is 9.87. The maximum absolute atomic E-state index is 2.38. The van der Waals surface area contributed by atoms with Gasteiger partial charge in [-0.2, -0.15) is 0 Å². The minimum absolute atomic E-state index is 1.08. The highest BCUT2D eigenvalue weighted by molar-refractivity contribution is 6.08. The zero-order valence-corrected chi connectivity index (χ0v) is 36.9. The number of benzene rings is 12. The lowest BCUT2D eigenvalue weighted by Gasteiger charge is -2.26. The van der Waals surface area contributed by atoms with E-state index in [4.69, 9.17) is 0 Å². The number of hydrogen-bond acceptors (Lipinski definition) is 1. The van der Waals surface area contributed by atoms with Crippen LogP contribution in [0, 0.1) is 0 Å². The molecule has 0 heterocycles. The Balaban J connectivity index is 0.934. The van der Waals surface area contributed by atoms with Crippen molar-refractivity contribution in [1.29, 1.82) is 0 Å². The molecule has 0 aliphatic rings. The number of fused-ring (bicyclic) bond motifs is 4. The molecule has 67 heavy (non-hydrogen) atoms. The van der Waals surface area contributed by atoms with Crippen LogP contribution < -0.4 is 4.90 Å². The van der Waals surface area contributed by atoms with E-state index in [-0.39, 0.29) is 0 Å². The first-order chi connectivity index (χ1) is 33.2. The van der Waals surface area contributed by atoms with Crippen molar-refractivity contribution in [3.8, 4) is 66.8 Å². The summed E-state index contributed by atoms with van der Waals surface area (Å²) in [7, 11) is 0. The lowest BCUT2D eigenvalue weighted by molar-refractivity contribution is 1.28. The molecule has 1 heteroatoms. The van der Waals surface area contributed by atoms with Crippen LogP contribution in [-0.4, -0.2) is 0 Å². The van der Waals surface area contributed by atoms with Gasteiger partial charge in [-0.05, 0) is 148 Å². The molecule has 0 aromatic heterocycles. The van der Waals surface area contributed by atoms with E-state index in [2.05, 4.69) is 278 Å². The molecule has 0 fully saturated rings. The molecule has 1 nitrogen and oxygen atoms in total. The molecule has 0 N–H and O–H groups in total. The van der Waals surface area contributed by atoms with Gasteiger partial charge in [0.25, 0.3) is 0 Å². The number of nitrogens with zero attached hydrogens (tertiary/aromatic N) is 1. The molecular formula is C66H45N.